The van der Waals surface area contributed by atoms with Crippen molar-refractivity contribution < 1.29 is 14.9 Å². The Morgan fingerprint density at radius 3 is 2.56 bits per heavy atom. The van der Waals surface area contributed by atoms with Crippen LogP contribution in [0.1, 0.15) is 24.8 Å². The van der Waals surface area contributed by atoms with Gasteiger partial charge in [0.25, 0.3) is 0 Å². The van der Waals surface area contributed by atoms with Crippen LogP contribution in [0.5, 0.6) is 5.75 Å². The molecule has 0 spiro atoms. The highest BCUT2D eigenvalue weighted by molar-refractivity contribution is 5.21. The molecule has 2 aromatic rings. The molecule has 3 rings (SSSR count). The second kappa shape index (κ2) is 8.94. The number of nitrogens with zero attached hydrogens (tertiary/aromatic N) is 2. The van der Waals surface area contributed by atoms with Gasteiger partial charge in [-0.3, -0.25) is 9.88 Å². The third-order valence-corrected chi connectivity index (χ3v) is 4.79. The van der Waals surface area contributed by atoms with Crippen molar-refractivity contribution in [3.63, 3.8) is 0 Å². The van der Waals surface area contributed by atoms with Gasteiger partial charge in [-0.15, -0.1) is 0 Å². The van der Waals surface area contributed by atoms with Crippen molar-refractivity contribution in [2.24, 2.45) is 0 Å². The Kier molecular flexibility index (Phi) is 6.39. The molecule has 1 aromatic heterocycles. The van der Waals surface area contributed by atoms with E-state index in [9.17, 15) is 10.2 Å². The molecular weight excluding hydrogens is 316 g/mol. The Balaban J connectivity index is 1.69. The molecule has 1 aliphatic rings. The Labute approximate surface area is 148 Å². The maximum absolute atomic E-state index is 10.9. The lowest BCUT2D eigenvalue weighted by atomic mass is 9.88. The van der Waals surface area contributed by atoms with Crippen LogP contribution in [0.15, 0.2) is 54.9 Å². The first kappa shape index (κ1) is 17.9. The van der Waals surface area contributed by atoms with E-state index in [2.05, 4.69) is 9.88 Å². The highest BCUT2D eigenvalue weighted by atomic mass is 16.5. The Morgan fingerprint density at radius 2 is 1.84 bits per heavy atom. The minimum Gasteiger partial charge on any atom is -0.488 e. The Bertz CT molecular complexity index is 623. The first-order valence-corrected chi connectivity index (χ1v) is 8.91. The van der Waals surface area contributed by atoms with Gasteiger partial charge < -0.3 is 14.9 Å². The summed E-state index contributed by atoms with van der Waals surface area (Å²) in [6.45, 7) is 1.28. The zero-order valence-electron chi connectivity index (χ0n) is 14.4. The molecular formula is C20H26N2O3. The first-order chi connectivity index (χ1) is 12.3. The van der Waals surface area contributed by atoms with Crippen molar-refractivity contribution in [3.8, 4) is 5.75 Å². The molecule has 25 heavy (non-hydrogen) atoms. The number of hydrogen-bond donors (Lipinski definition) is 2. The number of aromatic nitrogens is 1. The Hall–Kier alpha value is -1.95. The van der Waals surface area contributed by atoms with Crippen LogP contribution >= 0.6 is 0 Å². The van der Waals surface area contributed by atoms with Gasteiger partial charge in [-0.25, -0.2) is 0 Å². The van der Waals surface area contributed by atoms with Gasteiger partial charge in [0.1, 0.15) is 18.0 Å². The molecule has 0 unspecified atom stereocenters. The van der Waals surface area contributed by atoms with Crippen molar-refractivity contribution in [1.29, 1.82) is 0 Å². The highest BCUT2D eigenvalue weighted by Gasteiger charge is 2.36. The quantitative estimate of drug-likeness (QED) is 0.808. The molecule has 5 heteroatoms. The monoisotopic (exact) mass is 342 g/mol. The molecule has 3 atom stereocenters. The fraction of sp³-hybridized carbons (Fsp3) is 0.450. The molecule has 0 radical (unpaired) electrons. The third-order valence-electron chi connectivity index (χ3n) is 4.79. The van der Waals surface area contributed by atoms with E-state index in [-0.39, 0.29) is 18.8 Å². The number of benzene rings is 1. The SMILES string of the molecule is OCCN(Cc1ccncc1)[C@H]1CCC[C@@H](Oc2ccccc2)[C@@H]1O. The van der Waals surface area contributed by atoms with Crippen molar-refractivity contribution in [1.82, 2.24) is 9.88 Å². The van der Waals surface area contributed by atoms with Gasteiger partial charge in [0.15, 0.2) is 0 Å². The molecule has 0 aliphatic heterocycles. The van der Waals surface area contributed by atoms with Gasteiger partial charge >= 0.3 is 0 Å². The number of ether oxygens (including phenoxy) is 1. The minimum atomic E-state index is -0.581. The van der Waals surface area contributed by atoms with Crippen LogP contribution in [0.3, 0.4) is 0 Å². The van der Waals surface area contributed by atoms with Crippen LogP contribution in [0.4, 0.5) is 0 Å². The summed E-state index contributed by atoms with van der Waals surface area (Å²) >= 11 is 0. The standard InChI is InChI=1S/C20H26N2O3/c23-14-13-22(15-16-9-11-21-12-10-16)18-7-4-8-19(20(18)24)25-17-5-2-1-3-6-17/h1-3,5-6,9-12,18-20,23-24H,4,7-8,13-15H2/t18-,19+,20+/m0/s1. The first-order valence-electron chi connectivity index (χ1n) is 8.91. The van der Waals surface area contributed by atoms with E-state index in [0.717, 1.165) is 30.6 Å². The molecule has 1 aliphatic carbocycles. The molecule has 0 saturated heterocycles. The van der Waals surface area contributed by atoms with Gasteiger partial charge in [-0.05, 0) is 49.1 Å². The third kappa shape index (κ3) is 4.78. The van der Waals surface area contributed by atoms with Crippen LogP contribution < -0.4 is 4.74 Å². The fourth-order valence-electron chi connectivity index (χ4n) is 3.53. The molecule has 0 bridgehead atoms. The van der Waals surface area contributed by atoms with E-state index in [1.54, 1.807) is 12.4 Å². The lowest BCUT2D eigenvalue weighted by Crippen LogP contribution is -2.53. The van der Waals surface area contributed by atoms with Crippen molar-refractivity contribution in [3.05, 3.63) is 60.4 Å². The Morgan fingerprint density at radius 1 is 1.08 bits per heavy atom. The summed E-state index contributed by atoms with van der Waals surface area (Å²) in [5.41, 5.74) is 1.13. The average Bonchev–Trinajstić information content (AvgIpc) is 2.65. The lowest BCUT2D eigenvalue weighted by Gasteiger charge is -2.41. The van der Waals surface area contributed by atoms with Crippen LogP contribution in [0.2, 0.25) is 0 Å². The van der Waals surface area contributed by atoms with E-state index in [1.807, 2.05) is 42.5 Å². The zero-order valence-corrected chi connectivity index (χ0v) is 14.4. The number of pyridine rings is 1. The predicted octanol–water partition coefficient (Wildman–Crippen LogP) is 2.24. The van der Waals surface area contributed by atoms with E-state index in [4.69, 9.17) is 4.74 Å². The number of aliphatic hydroxyl groups excluding tert-OH is 2. The largest absolute Gasteiger partial charge is 0.488 e. The van der Waals surface area contributed by atoms with Crippen molar-refractivity contribution in [2.75, 3.05) is 13.2 Å². The summed E-state index contributed by atoms with van der Waals surface area (Å²) in [5.74, 6) is 0.787. The van der Waals surface area contributed by atoms with Crippen molar-refractivity contribution >= 4 is 0 Å². The van der Waals surface area contributed by atoms with Gasteiger partial charge in [-0.2, -0.15) is 0 Å². The van der Waals surface area contributed by atoms with Crippen LogP contribution in [-0.2, 0) is 6.54 Å². The molecule has 1 heterocycles. The smallest absolute Gasteiger partial charge is 0.126 e. The van der Waals surface area contributed by atoms with Crippen LogP contribution in [0.25, 0.3) is 0 Å². The molecule has 5 nitrogen and oxygen atoms in total. The summed E-state index contributed by atoms with van der Waals surface area (Å²) in [5, 5.41) is 20.4. The number of hydrogen-bond acceptors (Lipinski definition) is 5. The van der Waals surface area contributed by atoms with Gasteiger partial charge in [-0.1, -0.05) is 18.2 Å². The van der Waals surface area contributed by atoms with Crippen LogP contribution in [-0.4, -0.2) is 51.5 Å². The topological polar surface area (TPSA) is 65.8 Å². The minimum absolute atomic E-state index is 0.0252. The molecule has 134 valence electrons. The lowest BCUT2D eigenvalue weighted by molar-refractivity contribution is -0.0586. The molecule has 0 amide bonds. The maximum atomic E-state index is 10.9. The molecule has 2 N–H and O–H groups in total. The normalized spacial score (nSPS) is 23.6. The van der Waals surface area contributed by atoms with Gasteiger partial charge in [0.05, 0.1) is 6.61 Å². The summed E-state index contributed by atoms with van der Waals surface area (Å²) < 4.78 is 6.03. The average molecular weight is 342 g/mol. The zero-order chi connectivity index (χ0) is 17.5. The number of rotatable bonds is 7. The van der Waals surface area contributed by atoms with E-state index in [1.165, 1.54) is 0 Å². The van der Waals surface area contributed by atoms with E-state index >= 15 is 0 Å². The van der Waals surface area contributed by atoms with Gasteiger partial charge in [0.2, 0.25) is 0 Å². The second-order valence-electron chi connectivity index (χ2n) is 6.51. The van der Waals surface area contributed by atoms with Crippen molar-refractivity contribution in [2.45, 2.75) is 44.1 Å². The van der Waals surface area contributed by atoms with E-state index in [0.29, 0.717) is 13.1 Å². The summed E-state index contributed by atoms with van der Waals surface area (Å²) in [4.78, 5) is 6.20. The predicted molar refractivity (Wildman–Crippen MR) is 96.2 cm³/mol. The molecule has 1 aromatic carbocycles. The second-order valence-corrected chi connectivity index (χ2v) is 6.51. The van der Waals surface area contributed by atoms with Crippen LogP contribution in [0, 0.1) is 0 Å². The van der Waals surface area contributed by atoms with E-state index < -0.39 is 6.10 Å². The fourth-order valence-corrected chi connectivity index (χ4v) is 3.53. The summed E-state index contributed by atoms with van der Waals surface area (Å²) in [6, 6.07) is 13.6. The maximum Gasteiger partial charge on any atom is 0.126 e. The summed E-state index contributed by atoms with van der Waals surface area (Å²) in [6.07, 6.45) is 5.48. The van der Waals surface area contributed by atoms with Gasteiger partial charge in [0, 0.05) is 31.5 Å². The highest BCUT2D eigenvalue weighted by Crippen LogP contribution is 2.28. The molecule has 1 saturated carbocycles. The summed E-state index contributed by atoms with van der Waals surface area (Å²) in [7, 11) is 0. The number of para-hydroxylation sites is 1. The number of aliphatic hydroxyl groups is 2. The molecule has 1 fully saturated rings.